The van der Waals surface area contributed by atoms with E-state index < -0.39 is 35.3 Å². The zero-order chi connectivity index (χ0) is 31.8. The van der Waals surface area contributed by atoms with Crippen molar-refractivity contribution in [3.63, 3.8) is 0 Å². The first kappa shape index (κ1) is 31.8. The SMILES string of the molecule is CCON=C(C(=O)NC1C(=O)N2C(C(=O)OC(c3ccccc3)c3ccccc3)=C(CS/C=C/C#N)CS[C@H]12)c1nsc(N)n1. The fourth-order valence-corrected chi connectivity index (χ4v) is 7.21. The molecule has 230 valence electrons. The lowest BCUT2D eigenvalue weighted by molar-refractivity contribution is -0.154. The molecule has 2 aromatic carbocycles. The van der Waals surface area contributed by atoms with E-state index in [-0.39, 0.29) is 29.0 Å². The molecule has 0 bridgehead atoms. The first-order valence-electron chi connectivity index (χ1n) is 13.7. The quantitative estimate of drug-likeness (QED) is 0.0954. The number of hydrogen-bond acceptors (Lipinski definition) is 13. The average molecular weight is 662 g/mol. The molecular formula is C30H27N7O5S3. The number of carbonyl (C=O) groups is 3. The molecule has 0 saturated carbocycles. The van der Waals surface area contributed by atoms with E-state index in [9.17, 15) is 14.4 Å². The number of esters is 1. The Morgan fingerprint density at radius 1 is 1.22 bits per heavy atom. The number of fused-ring (bicyclic) bond motifs is 1. The van der Waals surface area contributed by atoms with Gasteiger partial charge in [-0.2, -0.15) is 14.6 Å². The molecule has 5 rings (SSSR count). The van der Waals surface area contributed by atoms with Crippen LogP contribution in [0.2, 0.25) is 0 Å². The topological polar surface area (TPSA) is 173 Å². The maximum absolute atomic E-state index is 14.0. The molecule has 3 N–H and O–H groups in total. The number of amides is 2. The number of nitriles is 1. The van der Waals surface area contributed by atoms with Crippen LogP contribution in [0, 0.1) is 11.3 Å². The number of nitrogen functional groups attached to an aromatic ring is 1. The van der Waals surface area contributed by atoms with Gasteiger partial charge in [0.05, 0.1) is 6.07 Å². The molecule has 2 aliphatic rings. The third kappa shape index (κ3) is 7.19. The van der Waals surface area contributed by atoms with Crippen molar-refractivity contribution in [3.05, 3.63) is 100 Å². The number of rotatable bonds is 12. The fraction of sp³-hybridized carbons (Fsp3) is 0.233. The van der Waals surface area contributed by atoms with E-state index >= 15 is 0 Å². The third-order valence-electron chi connectivity index (χ3n) is 6.61. The number of β-lactam (4-membered cyclic amide) rings is 1. The minimum absolute atomic E-state index is 0.0230. The standard InChI is InChI=1S/C30H27N7O5S3/c1-2-41-35-21(25-34-30(32)45-36-25)26(38)33-22-27(39)37-23(20(17-44-28(22)37)16-43-15-9-14-31)29(40)42-24(18-10-5-3-6-11-18)19-12-7-4-8-13-19/h3-13,15,22,24,28H,2,16-17H2,1H3,(H,33,38)(H2,32,34,36)/b15-9+,35-21?/t22?,28-/m1/s1. The maximum Gasteiger partial charge on any atom is 0.356 e. The monoisotopic (exact) mass is 661 g/mol. The number of nitrogens with two attached hydrogens (primary N) is 1. The minimum Gasteiger partial charge on any atom is -0.448 e. The summed E-state index contributed by atoms with van der Waals surface area (Å²) >= 11 is 3.62. The van der Waals surface area contributed by atoms with E-state index in [1.807, 2.05) is 66.7 Å². The Morgan fingerprint density at radius 3 is 2.51 bits per heavy atom. The number of carbonyl (C=O) groups excluding carboxylic acids is 3. The molecule has 0 aliphatic carbocycles. The number of nitrogens with zero attached hydrogens (tertiary/aromatic N) is 5. The molecule has 2 aliphatic heterocycles. The Bertz CT molecular complexity index is 1650. The number of thioether (sulfide) groups is 2. The highest BCUT2D eigenvalue weighted by atomic mass is 32.2. The number of oxime groups is 1. The Morgan fingerprint density at radius 2 is 1.91 bits per heavy atom. The predicted molar refractivity (Wildman–Crippen MR) is 173 cm³/mol. The van der Waals surface area contributed by atoms with Crippen LogP contribution in [0.25, 0.3) is 0 Å². The molecule has 2 amide bonds. The summed E-state index contributed by atoms with van der Waals surface area (Å²) in [6.07, 6.45) is 0.616. The van der Waals surface area contributed by atoms with Crippen molar-refractivity contribution in [2.75, 3.05) is 23.8 Å². The first-order valence-corrected chi connectivity index (χ1v) is 16.5. The second kappa shape index (κ2) is 14.9. The molecule has 1 saturated heterocycles. The highest BCUT2D eigenvalue weighted by Gasteiger charge is 2.55. The van der Waals surface area contributed by atoms with Gasteiger partial charge in [0.2, 0.25) is 11.5 Å². The second-order valence-electron chi connectivity index (χ2n) is 9.48. The predicted octanol–water partition coefficient (Wildman–Crippen LogP) is 3.62. The molecular weight excluding hydrogens is 635 g/mol. The minimum atomic E-state index is -0.958. The molecule has 0 spiro atoms. The van der Waals surface area contributed by atoms with Crippen LogP contribution >= 0.6 is 35.1 Å². The van der Waals surface area contributed by atoms with Gasteiger partial charge in [-0.15, -0.1) is 23.5 Å². The number of nitrogens with one attached hydrogen (secondary N) is 1. The van der Waals surface area contributed by atoms with E-state index in [2.05, 4.69) is 19.8 Å². The number of anilines is 1. The lowest BCUT2D eigenvalue weighted by atomic mass is 10.0. The lowest BCUT2D eigenvalue weighted by Gasteiger charge is -2.49. The molecule has 15 heteroatoms. The highest BCUT2D eigenvalue weighted by molar-refractivity contribution is 8.02. The van der Waals surface area contributed by atoms with Gasteiger partial charge < -0.3 is 20.6 Å². The van der Waals surface area contributed by atoms with E-state index in [0.29, 0.717) is 17.1 Å². The van der Waals surface area contributed by atoms with Crippen LogP contribution in [-0.4, -0.2) is 67.3 Å². The Hall–Kier alpha value is -4.65. The van der Waals surface area contributed by atoms with Crippen molar-refractivity contribution in [1.82, 2.24) is 19.6 Å². The van der Waals surface area contributed by atoms with Crippen molar-refractivity contribution in [1.29, 1.82) is 5.26 Å². The van der Waals surface area contributed by atoms with Crippen LogP contribution in [0.5, 0.6) is 0 Å². The normalized spacial score (nSPS) is 17.9. The zero-order valence-electron chi connectivity index (χ0n) is 23.9. The van der Waals surface area contributed by atoms with Crippen molar-refractivity contribution >= 4 is 63.7 Å². The van der Waals surface area contributed by atoms with Gasteiger partial charge in [0, 0.05) is 29.1 Å². The number of hydrogen-bond donors (Lipinski definition) is 2. The molecule has 3 aromatic rings. The zero-order valence-corrected chi connectivity index (χ0v) is 26.3. The Kier molecular flexibility index (Phi) is 10.5. The Balaban J connectivity index is 1.41. The highest BCUT2D eigenvalue weighted by Crippen LogP contribution is 2.42. The van der Waals surface area contributed by atoms with Crippen molar-refractivity contribution in [3.8, 4) is 6.07 Å². The van der Waals surface area contributed by atoms with Crippen molar-refractivity contribution in [2.45, 2.75) is 24.4 Å². The van der Waals surface area contributed by atoms with Gasteiger partial charge >= 0.3 is 5.97 Å². The van der Waals surface area contributed by atoms with Gasteiger partial charge in [-0.1, -0.05) is 65.8 Å². The van der Waals surface area contributed by atoms with Gasteiger partial charge in [0.25, 0.3) is 11.8 Å². The molecule has 1 unspecified atom stereocenters. The molecule has 12 nitrogen and oxygen atoms in total. The average Bonchev–Trinajstić information content (AvgIpc) is 3.50. The summed E-state index contributed by atoms with van der Waals surface area (Å²) in [5, 5.41) is 16.6. The van der Waals surface area contributed by atoms with E-state index in [1.165, 1.54) is 34.5 Å². The van der Waals surface area contributed by atoms with Crippen LogP contribution < -0.4 is 11.1 Å². The van der Waals surface area contributed by atoms with Gasteiger partial charge in [-0.25, -0.2) is 4.79 Å². The summed E-state index contributed by atoms with van der Waals surface area (Å²) in [5.41, 5.74) is 7.81. The summed E-state index contributed by atoms with van der Waals surface area (Å²) in [5.74, 6) is -1.15. The number of allylic oxidation sites excluding steroid dienone is 1. The molecule has 1 fully saturated rings. The summed E-state index contributed by atoms with van der Waals surface area (Å²) in [4.78, 5) is 51.4. The molecule has 1 aromatic heterocycles. The third-order valence-corrected chi connectivity index (χ3v) is 9.33. The van der Waals surface area contributed by atoms with Gasteiger partial charge in [0.15, 0.2) is 11.2 Å². The number of benzene rings is 2. The summed E-state index contributed by atoms with van der Waals surface area (Å²) < 4.78 is 10.2. The van der Waals surface area contributed by atoms with E-state index in [1.54, 1.807) is 12.3 Å². The first-order chi connectivity index (χ1) is 21.9. The smallest absolute Gasteiger partial charge is 0.356 e. The van der Waals surface area contributed by atoms with Gasteiger partial charge in [-0.3, -0.25) is 14.5 Å². The second-order valence-corrected chi connectivity index (χ2v) is 12.3. The van der Waals surface area contributed by atoms with Crippen LogP contribution in [0.4, 0.5) is 5.13 Å². The molecule has 2 atom stereocenters. The lowest BCUT2D eigenvalue weighted by Crippen LogP contribution is -2.71. The number of ether oxygens (including phenoxy) is 1. The summed E-state index contributed by atoms with van der Waals surface area (Å²) in [6.45, 7) is 1.89. The van der Waals surface area contributed by atoms with Crippen LogP contribution in [0.3, 0.4) is 0 Å². The van der Waals surface area contributed by atoms with Crippen LogP contribution in [0.15, 0.2) is 88.6 Å². The molecule has 45 heavy (non-hydrogen) atoms. The van der Waals surface area contributed by atoms with Crippen molar-refractivity contribution in [2.24, 2.45) is 5.16 Å². The summed E-state index contributed by atoms with van der Waals surface area (Å²) in [7, 11) is 0. The molecule has 0 radical (unpaired) electrons. The van der Waals surface area contributed by atoms with Gasteiger partial charge in [-0.05, 0) is 29.0 Å². The number of aromatic nitrogens is 2. The van der Waals surface area contributed by atoms with E-state index in [4.69, 9.17) is 20.6 Å². The maximum atomic E-state index is 14.0. The van der Waals surface area contributed by atoms with Crippen LogP contribution in [0.1, 0.15) is 30.0 Å². The van der Waals surface area contributed by atoms with E-state index in [0.717, 1.165) is 22.7 Å². The molecule has 3 heterocycles. The van der Waals surface area contributed by atoms with Gasteiger partial charge in [0.1, 0.15) is 23.7 Å². The van der Waals surface area contributed by atoms with Crippen molar-refractivity contribution < 1.29 is 24.0 Å². The summed E-state index contributed by atoms with van der Waals surface area (Å²) in [6, 6.07) is 19.7. The van der Waals surface area contributed by atoms with Crippen LogP contribution in [-0.2, 0) is 24.0 Å². The Labute approximate surface area is 271 Å². The fourth-order valence-electron chi connectivity index (χ4n) is 4.61. The largest absolute Gasteiger partial charge is 0.448 e.